The minimum atomic E-state index is 1.01. The molecule has 1 aliphatic rings. The van der Waals surface area contributed by atoms with Crippen molar-refractivity contribution in [3.05, 3.63) is 181 Å². The lowest BCUT2D eigenvalue weighted by Crippen LogP contribution is -2.09. The predicted molar refractivity (Wildman–Crippen MR) is 189 cm³/mol. The topological polar surface area (TPSA) is 8.17 Å². The highest BCUT2D eigenvalue weighted by Crippen LogP contribution is 2.41. The van der Waals surface area contributed by atoms with E-state index in [-0.39, 0.29) is 0 Å². The summed E-state index contributed by atoms with van der Waals surface area (Å²) in [6.45, 7) is 0. The summed E-state index contributed by atoms with van der Waals surface area (Å²) in [6.07, 6.45) is 1.01. The van der Waals surface area contributed by atoms with Gasteiger partial charge in [-0.25, -0.2) is 0 Å². The Balaban J connectivity index is 1.18. The molecule has 1 aromatic heterocycles. The van der Waals surface area contributed by atoms with Crippen LogP contribution in [0.5, 0.6) is 0 Å². The SMILES string of the molecule is c1ccc(N(c2ccccc2)c2cccc(-c3ccc4c(c3)c3ccccc3n4-c3ccc4c(c3)-c3ccccc3C4)c2)cc1. The molecule has 0 amide bonds. The van der Waals surface area contributed by atoms with E-state index < -0.39 is 0 Å². The van der Waals surface area contributed by atoms with Gasteiger partial charge in [0.25, 0.3) is 0 Å². The van der Waals surface area contributed by atoms with Crippen LogP contribution in [0.3, 0.4) is 0 Å². The fourth-order valence-electron chi connectivity index (χ4n) is 7.11. The molecule has 0 aliphatic heterocycles. The molecular weight excluding hydrogens is 544 g/mol. The van der Waals surface area contributed by atoms with Crippen LogP contribution < -0.4 is 4.90 Å². The van der Waals surface area contributed by atoms with E-state index >= 15 is 0 Å². The minimum Gasteiger partial charge on any atom is -0.310 e. The Labute approximate surface area is 263 Å². The molecule has 9 rings (SSSR count). The van der Waals surface area contributed by atoms with E-state index in [4.69, 9.17) is 0 Å². The summed E-state index contributed by atoms with van der Waals surface area (Å²) >= 11 is 0. The zero-order valence-corrected chi connectivity index (χ0v) is 24.8. The number of hydrogen-bond donors (Lipinski definition) is 0. The van der Waals surface area contributed by atoms with Crippen molar-refractivity contribution in [1.29, 1.82) is 0 Å². The molecule has 0 radical (unpaired) electrons. The second-order valence-electron chi connectivity index (χ2n) is 11.8. The quantitative estimate of drug-likeness (QED) is 0.198. The Bertz CT molecular complexity index is 2310. The molecule has 2 nitrogen and oxygen atoms in total. The number of para-hydroxylation sites is 3. The van der Waals surface area contributed by atoms with Crippen molar-refractivity contribution < 1.29 is 0 Å². The van der Waals surface area contributed by atoms with Crippen molar-refractivity contribution in [2.45, 2.75) is 6.42 Å². The molecule has 0 atom stereocenters. The molecule has 0 fully saturated rings. The second-order valence-corrected chi connectivity index (χ2v) is 11.8. The predicted octanol–water partition coefficient (Wildman–Crippen LogP) is 11.5. The smallest absolute Gasteiger partial charge is 0.0541 e. The standard InChI is InChI=1S/C43H30N2/c1-3-14-34(15-4-1)44(35-16-5-2-6-17-35)36-18-11-13-30(27-36)31-23-25-43-41(28-31)39-20-9-10-21-42(39)45(43)37-24-22-33-26-32-12-7-8-19-38(32)40(33)29-37/h1-25,27-29H,26H2. The van der Waals surface area contributed by atoms with Gasteiger partial charge in [-0.2, -0.15) is 0 Å². The molecule has 2 heteroatoms. The number of hydrogen-bond acceptors (Lipinski definition) is 1. The van der Waals surface area contributed by atoms with Crippen molar-refractivity contribution in [2.75, 3.05) is 4.90 Å². The van der Waals surface area contributed by atoms with E-state index in [9.17, 15) is 0 Å². The zero-order valence-electron chi connectivity index (χ0n) is 24.8. The van der Waals surface area contributed by atoms with Gasteiger partial charge in [0.15, 0.2) is 0 Å². The van der Waals surface area contributed by atoms with Gasteiger partial charge in [0.2, 0.25) is 0 Å². The largest absolute Gasteiger partial charge is 0.310 e. The first-order valence-corrected chi connectivity index (χ1v) is 15.6. The fourth-order valence-corrected chi connectivity index (χ4v) is 7.11. The van der Waals surface area contributed by atoms with Crippen molar-refractivity contribution >= 4 is 38.9 Å². The average molecular weight is 575 g/mol. The summed E-state index contributed by atoms with van der Waals surface area (Å²) in [5.74, 6) is 0. The molecule has 0 saturated carbocycles. The van der Waals surface area contributed by atoms with Crippen LogP contribution in [0.25, 0.3) is 49.7 Å². The van der Waals surface area contributed by atoms with Crippen LogP contribution in [0.15, 0.2) is 170 Å². The first-order chi connectivity index (χ1) is 22.3. The second kappa shape index (κ2) is 10.4. The molecule has 0 saturated heterocycles. The van der Waals surface area contributed by atoms with Gasteiger partial charge in [-0.3, -0.25) is 0 Å². The summed E-state index contributed by atoms with van der Waals surface area (Å²) in [6, 6.07) is 61.6. The number of fused-ring (bicyclic) bond motifs is 6. The van der Waals surface area contributed by atoms with Gasteiger partial charge in [-0.05, 0) is 107 Å². The number of aromatic nitrogens is 1. The van der Waals surface area contributed by atoms with Crippen LogP contribution in [0.4, 0.5) is 17.1 Å². The van der Waals surface area contributed by atoms with Crippen LogP contribution in [0, 0.1) is 0 Å². The molecular formula is C43H30N2. The van der Waals surface area contributed by atoms with Crippen LogP contribution in [-0.2, 0) is 6.42 Å². The minimum absolute atomic E-state index is 1.01. The van der Waals surface area contributed by atoms with E-state index in [1.54, 1.807) is 0 Å². The number of anilines is 3. The first-order valence-electron chi connectivity index (χ1n) is 15.6. The Hall–Kier alpha value is -5.86. The summed E-state index contributed by atoms with van der Waals surface area (Å²) in [7, 11) is 0. The lowest BCUT2D eigenvalue weighted by Gasteiger charge is -2.26. The van der Waals surface area contributed by atoms with Crippen LogP contribution in [-0.4, -0.2) is 4.57 Å². The van der Waals surface area contributed by atoms with Gasteiger partial charge in [0.05, 0.1) is 11.0 Å². The lowest BCUT2D eigenvalue weighted by atomic mass is 10.0. The third kappa shape index (κ3) is 4.26. The van der Waals surface area contributed by atoms with Crippen molar-refractivity contribution in [3.8, 4) is 27.9 Å². The van der Waals surface area contributed by atoms with Gasteiger partial charge in [-0.1, -0.05) is 103 Å². The third-order valence-electron chi connectivity index (χ3n) is 9.18. The molecule has 0 N–H and O–H groups in total. The van der Waals surface area contributed by atoms with Crippen molar-refractivity contribution in [2.24, 2.45) is 0 Å². The highest BCUT2D eigenvalue weighted by molar-refractivity contribution is 6.10. The number of benzene rings is 7. The molecule has 0 spiro atoms. The van der Waals surface area contributed by atoms with E-state index in [1.165, 1.54) is 60.9 Å². The Morgan fingerprint density at radius 1 is 0.400 bits per heavy atom. The van der Waals surface area contributed by atoms with E-state index in [0.717, 1.165) is 23.5 Å². The summed E-state index contributed by atoms with van der Waals surface area (Å²) in [5, 5.41) is 2.53. The van der Waals surface area contributed by atoms with Gasteiger partial charge in [0, 0.05) is 33.5 Å². The highest BCUT2D eigenvalue weighted by Gasteiger charge is 2.20. The Kier molecular flexibility index (Phi) is 5.92. The molecule has 45 heavy (non-hydrogen) atoms. The van der Waals surface area contributed by atoms with E-state index in [1.807, 2.05) is 0 Å². The van der Waals surface area contributed by atoms with E-state index in [0.29, 0.717) is 0 Å². The van der Waals surface area contributed by atoms with Gasteiger partial charge >= 0.3 is 0 Å². The number of rotatable bonds is 5. The maximum atomic E-state index is 2.43. The maximum absolute atomic E-state index is 2.43. The zero-order chi connectivity index (χ0) is 29.7. The number of nitrogens with zero attached hydrogens (tertiary/aromatic N) is 2. The Morgan fingerprint density at radius 3 is 1.87 bits per heavy atom. The van der Waals surface area contributed by atoms with Gasteiger partial charge < -0.3 is 9.47 Å². The first kappa shape index (κ1) is 25.6. The summed E-state index contributed by atoms with van der Waals surface area (Å²) < 4.78 is 2.43. The molecule has 0 bridgehead atoms. The van der Waals surface area contributed by atoms with E-state index in [2.05, 4.69) is 179 Å². The normalized spacial score (nSPS) is 11.9. The highest BCUT2D eigenvalue weighted by atomic mass is 15.1. The van der Waals surface area contributed by atoms with Gasteiger partial charge in [0.1, 0.15) is 0 Å². The van der Waals surface area contributed by atoms with Crippen LogP contribution in [0.2, 0.25) is 0 Å². The van der Waals surface area contributed by atoms with Gasteiger partial charge in [-0.15, -0.1) is 0 Å². The molecule has 1 heterocycles. The maximum Gasteiger partial charge on any atom is 0.0541 e. The lowest BCUT2D eigenvalue weighted by molar-refractivity contribution is 1.17. The van der Waals surface area contributed by atoms with Crippen molar-refractivity contribution in [1.82, 2.24) is 4.57 Å². The molecule has 7 aromatic carbocycles. The molecule has 8 aromatic rings. The molecule has 212 valence electrons. The average Bonchev–Trinajstić information content (AvgIpc) is 3.64. The fraction of sp³-hybridized carbons (Fsp3) is 0.0233. The van der Waals surface area contributed by atoms with Crippen LogP contribution >= 0.6 is 0 Å². The monoisotopic (exact) mass is 574 g/mol. The summed E-state index contributed by atoms with van der Waals surface area (Å²) in [4.78, 5) is 2.32. The Morgan fingerprint density at radius 2 is 1.04 bits per heavy atom. The van der Waals surface area contributed by atoms with Crippen LogP contribution in [0.1, 0.15) is 11.1 Å². The molecule has 0 unspecified atom stereocenters. The summed E-state index contributed by atoms with van der Waals surface area (Å²) in [5.41, 5.74) is 15.0. The molecule has 1 aliphatic carbocycles. The van der Waals surface area contributed by atoms with Crippen molar-refractivity contribution in [3.63, 3.8) is 0 Å². The third-order valence-corrected chi connectivity index (χ3v) is 9.18.